The first-order valence-electron chi connectivity index (χ1n) is 6.88. The summed E-state index contributed by atoms with van der Waals surface area (Å²) < 4.78 is 0. The van der Waals surface area contributed by atoms with Crippen LogP contribution >= 0.6 is 0 Å². The van der Waals surface area contributed by atoms with E-state index in [2.05, 4.69) is 41.7 Å². The van der Waals surface area contributed by atoms with Gasteiger partial charge in [0.15, 0.2) is 0 Å². The summed E-state index contributed by atoms with van der Waals surface area (Å²) in [7, 11) is 0. The van der Waals surface area contributed by atoms with Gasteiger partial charge in [0, 0.05) is 0 Å². The monoisotopic (exact) mass is 229 g/mol. The molecule has 1 N–H and O–H groups in total. The van der Waals surface area contributed by atoms with E-state index in [9.17, 15) is 0 Å². The van der Waals surface area contributed by atoms with E-state index in [-0.39, 0.29) is 0 Å². The van der Waals surface area contributed by atoms with Crippen LogP contribution < -0.4 is 5.32 Å². The molecule has 0 spiro atoms. The second-order valence-electron chi connectivity index (χ2n) is 4.84. The van der Waals surface area contributed by atoms with Crippen molar-refractivity contribution < 1.29 is 0 Å². The Labute approximate surface area is 105 Å². The Bertz CT molecular complexity index is 340. The van der Waals surface area contributed by atoms with Crippen molar-refractivity contribution in [2.75, 3.05) is 13.1 Å². The molecule has 2 rings (SSSR count). The standard InChI is InChI=1S/C16H23N/c1-2-7-15(8-3-1)11-6-13-17-14-12-16-9-4-5-10-16/h1-3,7-9,17H,4-6,10-14H2. The van der Waals surface area contributed by atoms with Gasteiger partial charge in [-0.05, 0) is 57.2 Å². The summed E-state index contributed by atoms with van der Waals surface area (Å²) in [6.07, 6.45) is 10.1. The molecule has 0 heterocycles. The molecular weight excluding hydrogens is 206 g/mol. The van der Waals surface area contributed by atoms with Crippen LogP contribution in [0.3, 0.4) is 0 Å². The molecule has 17 heavy (non-hydrogen) atoms. The SMILES string of the molecule is C1=C(CCNCCCc2ccccc2)CCC1. The highest BCUT2D eigenvalue weighted by Crippen LogP contribution is 2.19. The topological polar surface area (TPSA) is 12.0 Å². The Morgan fingerprint density at radius 1 is 1.00 bits per heavy atom. The molecule has 0 amide bonds. The number of hydrogen-bond acceptors (Lipinski definition) is 1. The molecule has 1 heteroatoms. The van der Waals surface area contributed by atoms with Gasteiger partial charge in [-0.2, -0.15) is 0 Å². The minimum absolute atomic E-state index is 1.14. The number of benzene rings is 1. The van der Waals surface area contributed by atoms with Crippen LogP contribution in [-0.2, 0) is 6.42 Å². The summed E-state index contributed by atoms with van der Waals surface area (Å²) >= 11 is 0. The molecule has 0 aromatic heterocycles. The second-order valence-corrected chi connectivity index (χ2v) is 4.84. The third-order valence-electron chi connectivity index (χ3n) is 3.42. The van der Waals surface area contributed by atoms with Gasteiger partial charge < -0.3 is 5.32 Å². The van der Waals surface area contributed by atoms with Crippen molar-refractivity contribution in [2.45, 2.75) is 38.5 Å². The Morgan fingerprint density at radius 3 is 2.65 bits per heavy atom. The summed E-state index contributed by atoms with van der Waals surface area (Å²) in [5.74, 6) is 0. The van der Waals surface area contributed by atoms with Gasteiger partial charge >= 0.3 is 0 Å². The molecule has 0 saturated carbocycles. The van der Waals surface area contributed by atoms with Crippen LogP contribution in [0, 0.1) is 0 Å². The molecule has 0 saturated heterocycles. The third-order valence-corrected chi connectivity index (χ3v) is 3.42. The fourth-order valence-electron chi connectivity index (χ4n) is 2.40. The van der Waals surface area contributed by atoms with Crippen LogP contribution in [0.4, 0.5) is 0 Å². The molecule has 1 aromatic carbocycles. The summed E-state index contributed by atoms with van der Waals surface area (Å²) in [5.41, 5.74) is 3.12. The highest BCUT2D eigenvalue weighted by atomic mass is 14.8. The number of nitrogens with one attached hydrogen (secondary N) is 1. The predicted molar refractivity (Wildman–Crippen MR) is 74.2 cm³/mol. The van der Waals surface area contributed by atoms with Gasteiger partial charge in [-0.15, -0.1) is 0 Å². The minimum atomic E-state index is 1.14. The highest BCUT2D eigenvalue weighted by molar-refractivity contribution is 5.14. The normalized spacial score (nSPS) is 14.9. The van der Waals surface area contributed by atoms with Crippen molar-refractivity contribution >= 4 is 0 Å². The molecule has 0 aliphatic heterocycles. The fraction of sp³-hybridized carbons (Fsp3) is 0.500. The van der Waals surface area contributed by atoms with E-state index >= 15 is 0 Å². The quantitative estimate of drug-likeness (QED) is 0.555. The van der Waals surface area contributed by atoms with Crippen molar-refractivity contribution in [3.05, 3.63) is 47.5 Å². The van der Waals surface area contributed by atoms with Gasteiger partial charge in [-0.25, -0.2) is 0 Å². The van der Waals surface area contributed by atoms with E-state index in [0.29, 0.717) is 0 Å². The highest BCUT2D eigenvalue weighted by Gasteiger charge is 2.02. The van der Waals surface area contributed by atoms with Gasteiger partial charge in [-0.1, -0.05) is 42.0 Å². The molecule has 92 valence electrons. The largest absolute Gasteiger partial charge is 0.316 e. The Balaban J connectivity index is 1.49. The van der Waals surface area contributed by atoms with Crippen LogP contribution in [0.15, 0.2) is 42.0 Å². The fourth-order valence-corrected chi connectivity index (χ4v) is 2.40. The van der Waals surface area contributed by atoms with E-state index in [1.54, 1.807) is 5.57 Å². The van der Waals surface area contributed by atoms with Gasteiger partial charge in [-0.3, -0.25) is 0 Å². The van der Waals surface area contributed by atoms with Crippen molar-refractivity contribution in [1.29, 1.82) is 0 Å². The Morgan fingerprint density at radius 2 is 1.88 bits per heavy atom. The maximum atomic E-state index is 3.54. The zero-order valence-electron chi connectivity index (χ0n) is 10.6. The molecule has 1 nitrogen and oxygen atoms in total. The van der Waals surface area contributed by atoms with E-state index in [0.717, 1.165) is 13.1 Å². The molecule has 0 bridgehead atoms. The van der Waals surface area contributed by atoms with E-state index in [4.69, 9.17) is 0 Å². The van der Waals surface area contributed by atoms with Crippen LogP contribution in [0.5, 0.6) is 0 Å². The first-order valence-corrected chi connectivity index (χ1v) is 6.88. The van der Waals surface area contributed by atoms with Crippen LogP contribution in [-0.4, -0.2) is 13.1 Å². The lowest BCUT2D eigenvalue weighted by atomic mass is 10.1. The maximum absolute atomic E-state index is 3.54. The number of rotatable bonds is 7. The molecule has 1 aliphatic rings. The average Bonchev–Trinajstić information content (AvgIpc) is 2.88. The van der Waals surface area contributed by atoms with E-state index in [1.807, 2.05) is 0 Å². The lowest BCUT2D eigenvalue weighted by Gasteiger charge is -2.05. The first kappa shape index (κ1) is 12.4. The molecule has 0 atom stereocenters. The predicted octanol–water partition coefficient (Wildman–Crippen LogP) is 3.71. The maximum Gasteiger partial charge on any atom is -0.00116 e. The Hall–Kier alpha value is -1.08. The summed E-state index contributed by atoms with van der Waals surface area (Å²) in [6, 6.07) is 10.7. The Kier molecular flexibility index (Phi) is 5.31. The molecule has 0 unspecified atom stereocenters. The molecule has 0 radical (unpaired) electrons. The van der Waals surface area contributed by atoms with Crippen molar-refractivity contribution in [2.24, 2.45) is 0 Å². The lowest BCUT2D eigenvalue weighted by molar-refractivity contribution is 0.641. The van der Waals surface area contributed by atoms with E-state index < -0.39 is 0 Å². The van der Waals surface area contributed by atoms with E-state index in [1.165, 1.54) is 44.1 Å². The second kappa shape index (κ2) is 7.29. The smallest absolute Gasteiger partial charge is 0.00116 e. The van der Waals surface area contributed by atoms with Crippen molar-refractivity contribution in [3.63, 3.8) is 0 Å². The number of hydrogen-bond donors (Lipinski definition) is 1. The molecule has 0 fully saturated rings. The zero-order valence-corrected chi connectivity index (χ0v) is 10.6. The van der Waals surface area contributed by atoms with Crippen molar-refractivity contribution in [1.82, 2.24) is 5.32 Å². The molecular formula is C16H23N. The summed E-state index contributed by atoms with van der Waals surface area (Å²) in [4.78, 5) is 0. The van der Waals surface area contributed by atoms with Crippen LogP contribution in [0.2, 0.25) is 0 Å². The number of allylic oxidation sites excluding steroid dienone is 1. The van der Waals surface area contributed by atoms with Crippen molar-refractivity contribution in [3.8, 4) is 0 Å². The van der Waals surface area contributed by atoms with Gasteiger partial charge in [0.2, 0.25) is 0 Å². The molecule has 1 aromatic rings. The minimum Gasteiger partial charge on any atom is -0.316 e. The average molecular weight is 229 g/mol. The van der Waals surface area contributed by atoms with Gasteiger partial charge in [0.1, 0.15) is 0 Å². The molecule has 1 aliphatic carbocycles. The third kappa shape index (κ3) is 4.74. The lowest BCUT2D eigenvalue weighted by Crippen LogP contribution is -2.17. The number of aryl methyl sites for hydroxylation is 1. The zero-order chi connectivity index (χ0) is 11.8. The van der Waals surface area contributed by atoms with Crippen LogP contribution in [0.25, 0.3) is 0 Å². The first-order chi connectivity index (χ1) is 8.45. The van der Waals surface area contributed by atoms with Crippen LogP contribution in [0.1, 0.15) is 37.7 Å². The summed E-state index contributed by atoms with van der Waals surface area (Å²) in [5, 5.41) is 3.54. The van der Waals surface area contributed by atoms with Gasteiger partial charge in [0.25, 0.3) is 0 Å². The summed E-state index contributed by atoms with van der Waals surface area (Å²) in [6.45, 7) is 2.29. The van der Waals surface area contributed by atoms with Gasteiger partial charge in [0.05, 0.1) is 0 Å².